The Hall–Kier alpha value is -1.88. The first-order chi connectivity index (χ1) is 8.08. The van der Waals surface area contributed by atoms with Gasteiger partial charge < -0.3 is 15.2 Å². The highest BCUT2D eigenvalue weighted by Crippen LogP contribution is 2.09. The third-order valence-electron chi connectivity index (χ3n) is 2.00. The maximum absolute atomic E-state index is 11.4. The average Bonchev–Trinajstić information content (AvgIpc) is 2.24. The topological polar surface area (TPSA) is 75.6 Å². The lowest BCUT2D eigenvalue weighted by atomic mass is 10.2. The van der Waals surface area contributed by atoms with Crippen LogP contribution in [0, 0.1) is 6.92 Å². The van der Waals surface area contributed by atoms with Crippen LogP contribution in [-0.4, -0.2) is 30.2 Å². The average molecular weight is 237 g/mol. The van der Waals surface area contributed by atoms with Crippen molar-refractivity contribution in [3.8, 4) is 0 Å². The zero-order chi connectivity index (χ0) is 12.7. The molecule has 0 aliphatic carbocycles. The Labute approximate surface area is 99.4 Å². The number of aryl methyl sites for hydroxylation is 1. The van der Waals surface area contributed by atoms with Gasteiger partial charge in [0, 0.05) is 5.69 Å². The number of hydrogen-bond acceptors (Lipinski definition) is 3. The number of rotatable bonds is 6. The standard InChI is InChI=1S/C12H15NO4/c1-9-3-2-4-10(7-9)13-11(14)8-17-6-5-12(15)16/h2-4,7H,5-6,8H2,1H3,(H,13,14)(H,15,16). The number of aliphatic carboxylic acids is 1. The van der Waals surface area contributed by atoms with Crippen LogP contribution < -0.4 is 5.32 Å². The molecule has 0 aliphatic heterocycles. The molecule has 17 heavy (non-hydrogen) atoms. The molecule has 0 unspecified atom stereocenters. The third kappa shape index (κ3) is 5.67. The molecule has 0 atom stereocenters. The molecule has 0 saturated heterocycles. The van der Waals surface area contributed by atoms with E-state index in [-0.39, 0.29) is 25.5 Å². The third-order valence-corrected chi connectivity index (χ3v) is 2.00. The zero-order valence-electron chi connectivity index (χ0n) is 9.60. The van der Waals surface area contributed by atoms with Crippen LogP contribution in [0.15, 0.2) is 24.3 Å². The minimum absolute atomic E-state index is 0.0383. The smallest absolute Gasteiger partial charge is 0.305 e. The van der Waals surface area contributed by atoms with Crippen LogP contribution >= 0.6 is 0 Å². The molecule has 1 aromatic rings. The highest BCUT2D eigenvalue weighted by atomic mass is 16.5. The van der Waals surface area contributed by atoms with E-state index in [9.17, 15) is 9.59 Å². The molecule has 1 rings (SSSR count). The summed E-state index contributed by atoms with van der Waals surface area (Å²) in [4.78, 5) is 21.6. The summed E-state index contributed by atoms with van der Waals surface area (Å²) in [5, 5.41) is 11.0. The van der Waals surface area contributed by atoms with Crippen molar-refractivity contribution in [2.24, 2.45) is 0 Å². The molecule has 0 saturated carbocycles. The Bertz CT molecular complexity index is 403. The number of carboxylic acid groups (broad SMARTS) is 1. The lowest BCUT2D eigenvalue weighted by molar-refractivity contribution is -0.139. The Kier molecular flexibility index (Phi) is 5.16. The van der Waals surface area contributed by atoms with Gasteiger partial charge in [0.25, 0.3) is 0 Å². The van der Waals surface area contributed by atoms with E-state index in [0.717, 1.165) is 5.56 Å². The predicted molar refractivity (Wildman–Crippen MR) is 62.9 cm³/mol. The van der Waals surface area contributed by atoms with E-state index in [1.54, 1.807) is 6.07 Å². The van der Waals surface area contributed by atoms with Crippen molar-refractivity contribution in [1.82, 2.24) is 0 Å². The molecule has 0 heterocycles. The molecule has 0 aromatic heterocycles. The van der Waals surface area contributed by atoms with Gasteiger partial charge in [0.2, 0.25) is 5.91 Å². The van der Waals surface area contributed by atoms with Gasteiger partial charge >= 0.3 is 5.97 Å². The van der Waals surface area contributed by atoms with Crippen LogP contribution in [0.1, 0.15) is 12.0 Å². The van der Waals surface area contributed by atoms with Gasteiger partial charge in [-0.05, 0) is 24.6 Å². The number of ether oxygens (including phenoxy) is 1. The second kappa shape index (κ2) is 6.65. The second-order valence-corrected chi connectivity index (χ2v) is 3.61. The molecule has 1 amide bonds. The van der Waals surface area contributed by atoms with E-state index in [2.05, 4.69) is 5.32 Å². The summed E-state index contributed by atoms with van der Waals surface area (Å²) in [7, 11) is 0. The minimum Gasteiger partial charge on any atom is -0.481 e. The molecule has 92 valence electrons. The molecule has 5 nitrogen and oxygen atoms in total. The first-order valence-corrected chi connectivity index (χ1v) is 5.24. The number of carbonyl (C=O) groups is 2. The van der Waals surface area contributed by atoms with Gasteiger partial charge in [-0.25, -0.2) is 0 Å². The Balaban J connectivity index is 2.27. The number of nitrogens with one attached hydrogen (secondary N) is 1. The van der Waals surface area contributed by atoms with E-state index in [1.807, 2.05) is 25.1 Å². The summed E-state index contributed by atoms with van der Waals surface area (Å²) in [5.74, 6) is -1.23. The molecule has 0 bridgehead atoms. The largest absolute Gasteiger partial charge is 0.481 e. The summed E-state index contributed by atoms with van der Waals surface area (Å²) in [6.45, 7) is 1.83. The second-order valence-electron chi connectivity index (χ2n) is 3.61. The van der Waals surface area contributed by atoms with Crippen LogP contribution in [0.5, 0.6) is 0 Å². The van der Waals surface area contributed by atoms with Crippen LogP contribution in [0.4, 0.5) is 5.69 Å². The van der Waals surface area contributed by atoms with E-state index >= 15 is 0 Å². The normalized spacial score (nSPS) is 9.94. The number of carbonyl (C=O) groups excluding carboxylic acids is 1. The summed E-state index contributed by atoms with van der Waals surface area (Å²) in [6.07, 6.45) is -0.0995. The molecule has 1 aromatic carbocycles. The lowest BCUT2D eigenvalue weighted by Crippen LogP contribution is -2.19. The van der Waals surface area contributed by atoms with E-state index in [1.165, 1.54) is 0 Å². The lowest BCUT2D eigenvalue weighted by Gasteiger charge is -2.06. The van der Waals surface area contributed by atoms with E-state index in [0.29, 0.717) is 5.69 Å². The molecular formula is C12H15NO4. The van der Waals surface area contributed by atoms with Crippen LogP contribution in [0.2, 0.25) is 0 Å². The van der Waals surface area contributed by atoms with Crippen molar-refractivity contribution in [2.45, 2.75) is 13.3 Å². The molecule has 0 aliphatic rings. The van der Waals surface area contributed by atoms with Crippen molar-refractivity contribution in [1.29, 1.82) is 0 Å². The van der Waals surface area contributed by atoms with Crippen molar-refractivity contribution < 1.29 is 19.4 Å². The highest BCUT2D eigenvalue weighted by Gasteiger charge is 2.03. The maximum atomic E-state index is 11.4. The van der Waals surface area contributed by atoms with Gasteiger partial charge in [0.15, 0.2) is 0 Å². The number of anilines is 1. The molecular weight excluding hydrogens is 222 g/mol. The van der Waals surface area contributed by atoms with Crippen molar-refractivity contribution in [3.63, 3.8) is 0 Å². The van der Waals surface area contributed by atoms with Gasteiger partial charge in [-0.2, -0.15) is 0 Å². The monoisotopic (exact) mass is 237 g/mol. The summed E-state index contributed by atoms with van der Waals surface area (Å²) >= 11 is 0. The summed E-state index contributed by atoms with van der Waals surface area (Å²) in [6, 6.07) is 7.40. The highest BCUT2D eigenvalue weighted by molar-refractivity contribution is 5.91. The first kappa shape index (κ1) is 13.2. The Morgan fingerprint density at radius 2 is 2.18 bits per heavy atom. The molecule has 0 fully saturated rings. The Morgan fingerprint density at radius 3 is 2.82 bits per heavy atom. The van der Waals surface area contributed by atoms with E-state index < -0.39 is 5.97 Å². The van der Waals surface area contributed by atoms with Gasteiger partial charge in [-0.1, -0.05) is 12.1 Å². The minimum atomic E-state index is -0.941. The predicted octanol–water partition coefficient (Wildman–Crippen LogP) is 1.42. The number of carboxylic acids is 1. The van der Waals surface area contributed by atoms with Gasteiger partial charge in [-0.3, -0.25) is 9.59 Å². The number of benzene rings is 1. The van der Waals surface area contributed by atoms with Gasteiger partial charge in [0.1, 0.15) is 6.61 Å². The number of hydrogen-bond donors (Lipinski definition) is 2. The fourth-order valence-electron chi connectivity index (χ4n) is 1.24. The Morgan fingerprint density at radius 1 is 1.41 bits per heavy atom. The fraction of sp³-hybridized carbons (Fsp3) is 0.333. The van der Waals surface area contributed by atoms with Crippen molar-refractivity contribution in [3.05, 3.63) is 29.8 Å². The van der Waals surface area contributed by atoms with Crippen LogP contribution in [0.25, 0.3) is 0 Å². The SMILES string of the molecule is Cc1cccc(NC(=O)COCCC(=O)O)c1. The zero-order valence-corrected chi connectivity index (χ0v) is 9.60. The number of amides is 1. The fourth-order valence-corrected chi connectivity index (χ4v) is 1.24. The van der Waals surface area contributed by atoms with Crippen LogP contribution in [0.3, 0.4) is 0 Å². The summed E-state index contributed by atoms with van der Waals surface area (Å²) < 4.78 is 4.92. The first-order valence-electron chi connectivity index (χ1n) is 5.24. The molecule has 0 spiro atoms. The van der Waals surface area contributed by atoms with E-state index in [4.69, 9.17) is 9.84 Å². The van der Waals surface area contributed by atoms with Crippen LogP contribution in [-0.2, 0) is 14.3 Å². The van der Waals surface area contributed by atoms with Gasteiger partial charge in [-0.15, -0.1) is 0 Å². The van der Waals surface area contributed by atoms with Crippen molar-refractivity contribution in [2.75, 3.05) is 18.5 Å². The quantitative estimate of drug-likeness (QED) is 0.734. The summed E-state index contributed by atoms with van der Waals surface area (Å²) in [5.41, 5.74) is 1.76. The van der Waals surface area contributed by atoms with Crippen molar-refractivity contribution >= 4 is 17.6 Å². The maximum Gasteiger partial charge on any atom is 0.305 e. The molecule has 0 radical (unpaired) electrons. The van der Waals surface area contributed by atoms with Gasteiger partial charge in [0.05, 0.1) is 13.0 Å². The molecule has 5 heteroatoms. The molecule has 2 N–H and O–H groups in total.